The molecule has 3 rings (SSSR count). The van der Waals surface area contributed by atoms with E-state index in [-0.39, 0.29) is 29.7 Å². The van der Waals surface area contributed by atoms with E-state index in [0.29, 0.717) is 38.9 Å². The summed E-state index contributed by atoms with van der Waals surface area (Å²) in [6, 6.07) is 8.17. The summed E-state index contributed by atoms with van der Waals surface area (Å²) in [6.45, 7) is 4.64. The first-order valence-electron chi connectivity index (χ1n) is 10.6. The summed E-state index contributed by atoms with van der Waals surface area (Å²) in [6.07, 6.45) is 4.82. The third-order valence-corrected chi connectivity index (χ3v) is 7.67. The van der Waals surface area contributed by atoms with Crippen LogP contribution in [0.4, 0.5) is 0 Å². The zero-order chi connectivity index (χ0) is 20.7. The summed E-state index contributed by atoms with van der Waals surface area (Å²) in [5, 5.41) is 6.87. The van der Waals surface area contributed by atoms with Crippen LogP contribution in [-0.4, -0.2) is 58.1 Å². The number of hydrogen-bond donors (Lipinski definition) is 2. The van der Waals surface area contributed by atoms with E-state index in [9.17, 15) is 8.42 Å². The molecule has 1 heterocycles. The Balaban J connectivity index is 0.00000320. The summed E-state index contributed by atoms with van der Waals surface area (Å²) in [7, 11) is -1.58. The number of halogens is 1. The number of nitrogens with one attached hydrogen (secondary N) is 2. The van der Waals surface area contributed by atoms with Gasteiger partial charge in [-0.1, -0.05) is 31.2 Å². The van der Waals surface area contributed by atoms with E-state index in [1.54, 1.807) is 7.05 Å². The third-order valence-electron chi connectivity index (χ3n) is 5.85. The van der Waals surface area contributed by atoms with Crippen LogP contribution in [0.3, 0.4) is 0 Å². The monoisotopic (exact) mass is 550 g/mol. The molecule has 30 heavy (non-hydrogen) atoms. The van der Waals surface area contributed by atoms with Gasteiger partial charge in [0.05, 0.1) is 19.0 Å². The first-order chi connectivity index (χ1) is 14.0. The van der Waals surface area contributed by atoms with E-state index in [1.807, 2.05) is 24.3 Å². The highest BCUT2D eigenvalue weighted by Crippen LogP contribution is 2.23. The maximum atomic E-state index is 12.8. The molecule has 0 bridgehead atoms. The number of sulfonamides is 1. The van der Waals surface area contributed by atoms with Crippen molar-refractivity contribution in [3.63, 3.8) is 0 Å². The number of morpholine rings is 1. The minimum atomic E-state index is -3.35. The van der Waals surface area contributed by atoms with Crippen molar-refractivity contribution in [1.29, 1.82) is 0 Å². The van der Waals surface area contributed by atoms with Gasteiger partial charge in [-0.25, -0.2) is 8.42 Å². The Bertz CT molecular complexity index is 789. The van der Waals surface area contributed by atoms with E-state index in [2.05, 4.69) is 22.5 Å². The van der Waals surface area contributed by atoms with Gasteiger partial charge < -0.3 is 15.4 Å². The lowest BCUT2D eigenvalue weighted by atomic mass is 9.87. The standard InChI is InChI=1S/C21H34N4O3S.HI/c1-17-7-9-20(10-8-17)24-21(22-2)23-15-18-5-3-4-6-19(18)16-29(26,27)25-11-13-28-14-12-25;/h3-6,17,20H,7-16H2,1-2H3,(H2,22,23,24);1H. The van der Waals surface area contributed by atoms with Crippen LogP contribution < -0.4 is 10.6 Å². The largest absolute Gasteiger partial charge is 0.379 e. The molecule has 1 saturated carbocycles. The minimum absolute atomic E-state index is 0. The first kappa shape index (κ1) is 25.4. The van der Waals surface area contributed by atoms with Gasteiger partial charge in [-0.3, -0.25) is 4.99 Å². The van der Waals surface area contributed by atoms with Crippen LogP contribution in [0.2, 0.25) is 0 Å². The van der Waals surface area contributed by atoms with E-state index in [1.165, 1.54) is 17.1 Å². The molecule has 0 atom stereocenters. The zero-order valence-electron chi connectivity index (χ0n) is 18.0. The predicted molar refractivity (Wildman–Crippen MR) is 132 cm³/mol. The predicted octanol–water partition coefficient (Wildman–Crippen LogP) is 2.71. The Morgan fingerprint density at radius 1 is 1.13 bits per heavy atom. The highest BCUT2D eigenvalue weighted by molar-refractivity contribution is 14.0. The first-order valence-corrected chi connectivity index (χ1v) is 12.2. The van der Waals surface area contributed by atoms with Gasteiger partial charge in [0.2, 0.25) is 10.0 Å². The molecule has 1 aromatic carbocycles. The molecule has 0 amide bonds. The third kappa shape index (κ3) is 7.35. The summed E-state index contributed by atoms with van der Waals surface area (Å²) >= 11 is 0. The number of aliphatic imine (C=N–C) groups is 1. The average molecular weight is 551 g/mol. The highest BCUT2D eigenvalue weighted by atomic mass is 127. The molecule has 0 aromatic heterocycles. The number of guanidine groups is 1. The fraction of sp³-hybridized carbons (Fsp3) is 0.667. The quantitative estimate of drug-likeness (QED) is 0.324. The van der Waals surface area contributed by atoms with Gasteiger partial charge >= 0.3 is 0 Å². The van der Waals surface area contributed by atoms with E-state index in [0.717, 1.165) is 35.8 Å². The Kier molecular flexibility index (Phi) is 10.3. The molecule has 1 aromatic rings. The molecule has 0 radical (unpaired) electrons. The molecule has 170 valence electrons. The maximum Gasteiger partial charge on any atom is 0.218 e. The second-order valence-corrected chi connectivity index (χ2v) is 10.0. The Morgan fingerprint density at radius 2 is 1.77 bits per heavy atom. The molecule has 1 aliphatic heterocycles. The van der Waals surface area contributed by atoms with Crippen LogP contribution in [-0.2, 0) is 27.1 Å². The molecular weight excluding hydrogens is 515 g/mol. The zero-order valence-corrected chi connectivity index (χ0v) is 21.1. The second kappa shape index (κ2) is 12.2. The minimum Gasteiger partial charge on any atom is -0.379 e. The fourth-order valence-electron chi connectivity index (χ4n) is 3.95. The van der Waals surface area contributed by atoms with Crippen molar-refractivity contribution in [2.75, 3.05) is 33.4 Å². The van der Waals surface area contributed by atoms with Gasteiger partial charge in [0.15, 0.2) is 5.96 Å². The van der Waals surface area contributed by atoms with Crippen LogP contribution in [0.25, 0.3) is 0 Å². The van der Waals surface area contributed by atoms with Crippen molar-refractivity contribution in [2.45, 2.75) is 50.9 Å². The van der Waals surface area contributed by atoms with Crippen LogP contribution in [0, 0.1) is 5.92 Å². The lowest BCUT2D eigenvalue weighted by Gasteiger charge is -2.28. The molecule has 1 saturated heterocycles. The Morgan fingerprint density at radius 3 is 2.40 bits per heavy atom. The van der Waals surface area contributed by atoms with E-state index >= 15 is 0 Å². The number of nitrogens with zero attached hydrogens (tertiary/aromatic N) is 2. The molecule has 7 nitrogen and oxygen atoms in total. The van der Waals surface area contributed by atoms with Crippen molar-refractivity contribution in [3.05, 3.63) is 35.4 Å². The molecular formula is C21H35IN4O3S. The lowest BCUT2D eigenvalue weighted by molar-refractivity contribution is 0.0729. The van der Waals surface area contributed by atoms with Crippen LogP contribution in [0.5, 0.6) is 0 Å². The average Bonchev–Trinajstić information content (AvgIpc) is 2.74. The molecule has 2 N–H and O–H groups in total. The van der Waals surface area contributed by atoms with Gasteiger partial charge in [0.25, 0.3) is 0 Å². The molecule has 9 heteroatoms. The van der Waals surface area contributed by atoms with Gasteiger partial charge in [0.1, 0.15) is 0 Å². The molecule has 0 spiro atoms. The number of rotatable bonds is 6. The second-order valence-electron chi connectivity index (χ2n) is 8.06. The van der Waals surface area contributed by atoms with Gasteiger partial charge in [-0.15, -0.1) is 24.0 Å². The van der Waals surface area contributed by atoms with Crippen LogP contribution >= 0.6 is 24.0 Å². The van der Waals surface area contributed by atoms with Crippen molar-refractivity contribution in [3.8, 4) is 0 Å². The van der Waals surface area contributed by atoms with Crippen LogP contribution in [0.15, 0.2) is 29.3 Å². The summed E-state index contributed by atoms with van der Waals surface area (Å²) in [5.74, 6) is 1.59. The van der Waals surface area contributed by atoms with Crippen molar-refractivity contribution >= 4 is 40.0 Å². The van der Waals surface area contributed by atoms with Crippen molar-refractivity contribution < 1.29 is 13.2 Å². The Labute approximate surface area is 198 Å². The molecule has 1 aliphatic carbocycles. The smallest absolute Gasteiger partial charge is 0.218 e. The maximum absolute atomic E-state index is 12.8. The van der Waals surface area contributed by atoms with Gasteiger partial charge in [-0.2, -0.15) is 4.31 Å². The van der Waals surface area contributed by atoms with E-state index in [4.69, 9.17) is 4.74 Å². The molecule has 2 fully saturated rings. The molecule has 0 unspecified atom stereocenters. The van der Waals surface area contributed by atoms with Gasteiger partial charge in [-0.05, 0) is 42.7 Å². The topological polar surface area (TPSA) is 83.0 Å². The molecule has 2 aliphatic rings. The number of benzene rings is 1. The number of ether oxygens (including phenoxy) is 1. The van der Waals surface area contributed by atoms with Crippen LogP contribution in [0.1, 0.15) is 43.7 Å². The lowest BCUT2D eigenvalue weighted by Crippen LogP contribution is -2.44. The number of hydrogen-bond acceptors (Lipinski definition) is 4. The summed E-state index contributed by atoms with van der Waals surface area (Å²) in [5.41, 5.74) is 1.80. The fourth-order valence-corrected chi connectivity index (χ4v) is 5.52. The van der Waals surface area contributed by atoms with Crippen molar-refractivity contribution in [1.82, 2.24) is 14.9 Å². The SMILES string of the molecule is CN=C(NCc1ccccc1CS(=O)(=O)N1CCOCC1)NC1CCC(C)CC1.I. The summed E-state index contributed by atoms with van der Waals surface area (Å²) < 4.78 is 32.4. The summed E-state index contributed by atoms with van der Waals surface area (Å²) in [4.78, 5) is 4.35. The Hall–Kier alpha value is -0.910. The van der Waals surface area contributed by atoms with Gasteiger partial charge in [0, 0.05) is 32.7 Å². The normalized spacial score (nSPS) is 23.5. The van der Waals surface area contributed by atoms with E-state index < -0.39 is 10.0 Å². The highest BCUT2D eigenvalue weighted by Gasteiger charge is 2.25. The van der Waals surface area contributed by atoms with Crippen molar-refractivity contribution in [2.24, 2.45) is 10.9 Å².